The Kier molecular flexibility index (Phi) is 4.86. The van der Waals surface area contributed by atoms with Crippen molar-refractivity contribution >= 4 is 23.1 Å². The van der Waals surface area contributed by atoms with Crippen molar-refractivity contribution in [2.45, 2.75) is 13.3 Å². The number of benzene rings is 2. The van der Waals surface area contributed by atoms with E-state index < -0.39 is 0 Å². The van der Waals surface area contributed by atoms with E-state index in [1.54, 1.807) is 12.1 Å². The van der Waals surface area contributed by atoms with Gasteiger partial charge in [-0.1, -0.05) is 42.8 Å². The van der Waals surface area contributed by atoms with Gasteiger partial charge in [0.1, 0.15) is 11.6 Å². The summed E-state index contributed by atoms with van der Waals surface area (Å²) in [7, 11) is 1.67. The first kappa shape index (κ1) is 16.5. The summed E-state index contributed by atoms with van der Waals surface area (Å²) in [5, 5.41) is 15.5. The zero-order valence-electron chi connectivity index (χ0n) is 13.8. The average molecular weight is 342 g/mol. The summed E-state index contributed by atoms with van der Waals surface area (Å²) >= 11 is 5.91. The number of nitrogens with zero attached hydrogens (tertiary/aromatic N) is 2. The molecular weight excluding hydrogens is 322 g/mol. The second kappa shape index (κ2) is 7.05. The molecule has 2 aromatic carbocycles. The highest BCUT2D eigenvalue weighted by Crippen LogP contribution is 2.26. The topological polar surface area (TPSA) is 48.7 Å². The van der Waals surface area contributed by atoms with Gasteiger partial charge in [0.2, 0.25) is 0 Å². The van der Waals surface area contributed by atoms with Crippen LogP contribution in [-0.2, 0) is 6.42 Å². The van der Waals surface area contributed by atoms with E-state index in [2.05, 4.69) is 12.0 Å². The number of amidine groups is 1. The van der Waals surface area contributed by atoms with Gasteiger partial charge in [-0.25, -0.2) is 0 Å². The summed E-state index contributed by atoms with van der Waals surface area (Å²) < 4.78 is 5.44. The van der Waals surface area contributed by atoms with E-state index in [9.17, 15) is 0 Å². The highest BCUT2D eigenvalue weighted by atomic mass is 35.5. The molecule has 0 aromatic heterocycles. The Balaban J connectivity index is 1.79. The van der Waals surface area contributed by atoms with Crippen molar-refractivity contribution in [3.05, 3.63) is 64.7 Å². The Morgan fingerprint density at radius 2 is 1.96 bits per heavy atom. The van der Waals surface area contributed by atoms with Crippen molar-refractivity contribution in [1.82, 2.24) is 5.01 Å². The molecule has 1 aliphatic heterocycles. The van der Waals surface area contributed by atoms with Gasteiger partial charge in [0.25, 0.3) is 0 Å². The quantitative estimate of drug-likeness (QED) is 0.668. The van der Waals surface area contributed by atoms with Crippen LogP contribution in [0.4, 0.5) is 0 Å². The molecule has 0 spiro atoms. The Hall–Kier alpha value is -2.33. The molecule has 0 aliphatic carbocycles. The third kappa shape index (κ3) is 3.44. The van der Waals surface area contributed by atoms with Crippen LogP contribution in [0.3, 0.4) is 0 Å². The fourth-order valence-corrected chi connectivity index (χ4v) is 2.97. The summed E-state index contributed by atoms with van der Waals surface area (Å²) in [4.78, 5) is 0. The van der Waals surface area contributed by atoms with E-state index in [0.717, 1.165) is 22.6 Å². The Morgan fingerprint density at radius 1 is 1.25 bits per heavy atom. The lowest BCUT2D eigenvalue weighted by molar-refractivity contribution is 0.413. The lowest BCUT2D eigenvalue weighted by atomic mass is 9.98. The zero-order chi connectivity index (χ0) is 17.1. The Bertz CT molecular complexity index is 770. The van der Waals surface area contributed by atoms with Crippen molar-refractivity contribution in [2.24, 2.45) is 11.0 Å². The molecular formula is C19H20ClN3O. The minimum Gasteiger partial charge on any atom is -0.496 e. The summed E-state index contributed by atoms with van der Waals surface area (Å²) in [6.45, 7) is 2.83. The lowest BCUT2D eigenvalue weighted by Crippen LogP contribution is -2.26. The SMILES string of the molecule is COc1ccccc1C1=NN(C(=N)Cc2ccc(Cl)cc2)CC1C. The second-order valence-corrected chi connectivity index (χ2v) is 6.36. The molecule has 2 aromatic rings. The van der Waals surface area contributed by atoms with Crippen LogP contribution in [0.2, 0.25) is 5.02 Å². The number of rotatable bonds is 4. The number of hydrazone groups is 1. The van der Waals surface area contributed by atoms with E-state index in [0.29, 0.717) is 23.8 Å². The van der Waals surface area contributed by atoms with Crippen molar-refractivity contribution in [1.29, 1.82) is 5.41 Å². The summed E-state index contributed by atoms with van der Waals surface area (Å²) in [5.41, 5.74) is 3.01. The third-order valence-electron chi connectivity index (χ3n) is 4.12. The fraction of sp³-hybridized carbons (Fsp3) is 0.263. The van der Waals surface area contributed by atoms with Crippen LogP contribution in [0.25, 0.3) is 0 Å². The normalized spacial score (nSPS) is 16.9. The molecule has 0 saturated carbocycles. The molecule has 1 atom stereocenters. The Labute approximate surface area is 147 Å². The van der Waals surface area contributed by atoms with Crippen LogP contribution < -0.4 is 4.74 Å². The van der Waals surface area contributed by atoms with Gasteiger partial charge in [0.15, 0.2) is 0 Å². The molecule has 0 bridgehead atoms. The molecule has 1 aliphatic rings. The third-order valence-corrected chi connectivity index (χ3v) is 4.37. The fourth-order valence-electron chi connectivity index (χ4n) is 2.85. The van der Waals surface area contributed by atoms with Crippen LogP contribution in [0.1, 0.15) is 18.1 Å². The van der Waals surface area contributed by atoms with Crippen molar-refractivity contribution in [3.8, 4) is 5.75 Å². The highest BCUT2D eigenvalue weighted by Gasteiger charge is 2.27. The van der Waals surface area contributed by atoms with Crippen molar-refractivity contribution in [2.75, 3.05) is 13.7 Å². The molecule has 124 valence electrons. The molecule has 4 nitrogen and oxygen atoms in total. The standard InChI is InChI=1S/C19H20ClN3O/c1-13-12-23(18(21)11-14-7-9-15(20)10-8-14)22-19(13)16-5-3-4-6-17(16)24-2/h3-10,13,21H,11-12H2,1-2H3. The Morgan fingerprint density at radius 3 is 2.67 bits per heavy atom. The zero-order valence-corrected chi connectivity index (χ0v) is 14.5. The number of para-hydroxylation sites is 1. The first-order valence-electron chi connectivity index (χ1n) is 7.89. The van der Waals surface area contributed by atoms with Gasteiger partial charge in [-0.3, -0.25) is 10.4 Å². The molecule has 0 radical (unpaired) electrons. The molecule has 0 fully saturated rings. The predicted octanol–water partition coefficient (Wildman–Crippen LogP) is 4.22. The average Bonchev–Trinajstić information content (AvgIpc) is 2.98. The van der Waals surface area contributed by atoms with Gasteiger partial charge in [0, 0.05) is 22.9 Å². The summed E-state index contributed by atoms with van der Waals surface area (Å²) in [6.07, 6.45) is 0.534. The minimum atomic E-state index is 0.242. The number of hydrogen-bond donors (Lipinski definition) is 1. The second-order valence-electron chi connectivity index (χ2n) is 5.92. The van der Waals surface area contributed by atoms with Crippen LogP contribution in [0.5, 0.6) is 5.75 Å². The molecule has 24 heavy (non-hydrogen) atoms. The summed E-state index contributed by atoms with van der Waals surface area (Å²) in [6, 6.07) is 15.5. The van der Waals surface area contributed by atoms with Gasteiger partial charge in [-0.2, -0.15) is 5.10 Å². The van der Waals surface area contributed by atoms with Gasteiger partial charge in [-0.15, -0.1) is 0 Å². The van der Waals surface area contributed by atoms with Crippen molar-refractivity contribution < 1.29 is 4.74 Å². The van der Waals surface area contributed by atoms with Crippen molar-refractivity contribution in [3.63, 3.8) is 0 Å². The number of ether oxygens (including phenoxy) is 1. The number of halogens is 1. The molecule has 1 heterocycles. The molecule has 5 heteroatoms. The first-order valence-corrected chi connectivity index (χ1v) is 8.27. The van der Waals surface area contributed by atoms with E-state index in [1.807, 2.05) is 48.5 Å². The van der Waals surface area contributed by atoms with Crippen LogP contribution in [0.15, 0.2) is 53.6 Å². The predicted molar refractivity (Wildman–Crippen MR) is 98.3 cm³/mol. The maximum atomic E-state index is 8.37. The van der Waals surface area contributed by atoms with Gasteiger partial charge >= 0.3 is 0 Å². The van der Waals surface area contributed by atoms with E-state index in [4.69, 9.17) is 21.7 Å². The maximum Gasteiger partial charge on any atom is 0.127 e. The lowest BCUT2D eigenvalue weighted by Gasteiger charge is -2.15. The van der Waals surface area contributed by atoms with Crippen LogP contribution in [-0.4, -0.2) is 30.2 Å². The first-order chi connectivity index (χ1) is 11.6. The molecule has 1 N–H and O–H groups in total. The summed E-state index contributed by atoms with van der Waals surface area (Å²) in [5.74, 6) is 1.54. The highest BCUT2D eigenvalue weighted by molar-refractivity contribution is 6.30. The van der Waals surface area contributed by atoms with Gasteiger partial charge < -0.3 is 4.74 Å². The largest absolute Gasteiger partial charge is 0.496 e. The molecule has 1 unspecified atom stereocenters. The van der Waals surface area contributed by atoms with E-state index in [1.165, 1.54) is 0 Å². The van der Waals surface area contributed by atoms with E-state index >= 15 is 0 Å². The smallest absolute Gasteiger partial charge is 0.127 e. The van der Waals surface area contributed by atoms with Gasteiger partial charge in [0.05, 0.1) is 19.4 Å². The van der Waals surface area contributed by atoms with E-state index in [-0.39, 0.29) is 5.92 Å². The number of hydrogen-bond acceptors (Lipinski definition) is 3. The van der Waals surface area contributed by atoms with Crippen LogP contribution in [0, 0.1) is 11.3 Å². The molecule has 0 saturated heterocycles. The maximum absolute atomic E-state index is 8.37. The number of methoxy groups -OCH3 is 1. The molecule has 0 amide bonds. The van der Waals surface area contributed by atoms with Crippen LogP contribution >= 0.6 is 11.6 Å². The van der Waals surface area contributed by atoms with Gasteiger partial charge in [-0.05, 0) is 29.8 Å². The monoisotopic (exact) mass is 341 g/mol. The minimum absolute atomic E-state index is 0.242. The number of nitrogens with one attached hydrogen (secondary N) is 1. The molecule has 3 rings (SSSR count).